The van der Waals surface area contributed by atoms with Crippen LogP contribution in [0, 0.1) is 0 Å². The van der Waals surface area contributed by atoms with E-state index in [-0.39, 0.29) is 6.10 Å². The molecule has 0 spiro atoms. The molecule has 1 atom stereocenters. The Labute approximate surface area is 80.2 Å². The minimum atomic E-state index is 0.246. The molecule has 78 valence electrons. The van der Waals surface area contributed by atoms with Gasteiger partial charge in [0, 0.05) is 19.6 Å². The van der Waals surface area contributed by atoms with E-state index in [2.05, 4.69) is 10.2 Å². The lowest BCUT2D eigenvalue weighted by Crippen LogP contribution is -2.41. The SMILES string of the molecule is CN(C)CCOCC1CNCCO1. The summed E-state index contributed by atoms with van der Waals surface area (Å²) in [6.45, 7) is 5.16. The molecule has 0 amide bonds. The van der Waals surface area contributed by atoms with E-state index in [1.165, 1.54) is 0 Å². The molecule has 1 heterocycles. The van der Waals surface area contributed by atoms with Crippen LogP contribution in [0.4, 0.5) is 0 Å². The third-order valence-corrected chi connectivity index (χ3v) is 1.99. The molecule has 13 heavy (non-hydrogen) atoms. The molecule has 1 aliphatic heterocycles. The summed E-state index contributed by atoms with van der Waals surface area (Å²) in [5.41, 5.74) is 0. The number of ether oxygens (including phenoxy) is 2. The van der Waals surface area contributed by atoms with Crippen molar-refractivity contribution in [1.82, 2.24) is 10.2 Å². The summed E-state index contributed by atoms with van der Waals surface area (Å²) in [6.07, 6.45) is 0.246. The minimum Gasteiger partial charge on any atom is -0.377 e. The lowest BCUT2D eigenvalue weighted by Gasteiger charge is -2.23. The molecule has 1 fully saturated rings. The Bertz CT molecular complexity index is 125. The minimum absolute atomic E-state index is 0.246. The molecule has 0 saturated carbocycles. The molecule has 0 aromatic heterocycles. The Morgan fingerprint density at radius 3 is 3.00 bits per heavy atom. The number of morpholine rings is 1. The van der Waals surface area contributed by atoms with Gasteiger partial charge in [0.15, 0.2) is 0 Å². The second-order valence-corrected chi connectivity index (χ2v) is 3.58. The highest BCUT2D eigenvalue weighted by Gasteiger charge is 2.12. The Morgan fingerprint density at radius 1 is 1.54 bits per heavy atom. The first-order chi connectivity index (χ1) is 6.29. The summed E-state index contributed by atoms with van der Waals surface area (Å²) < 4.78 is 11.0. The van der Waals surface area contributed by atoms with Crippen molar-refractivity contribution in [2.75, 3.05) is 53.6 Å². The van der Waals surface area contributed by atoms with Crippen LogP contribution in [0.5, 0.6) is 0 Å². The van der Waals surface area contributed by atoms with Crippen molar-refractivity contribution in [3.05, 3.63) is 0 Å². The predicted octanol–water partition coefficient (Wildman–Crippen LogP) is -0.447. The van der Waals surface area contributed by atoms with E-state index in [0.29, 0.717) is 6.61 Å². The van der Waals surface area contributed by atoms with Crippen molar-refractivity contribution < 1.29 is 9.47 Å². The highest BCUT2D eigenvalue weighted by atomic mass is 16.5. The van der Waals surface area contributed by atoms with Crippen LogP contribution in [0.1, 0.15) is 0 Å². The topological polar surface area (TPSA) is 33.7 Å². The van der Waals surface area contributed by atoms with Crippen LogP contribution in [0.25, 0.3) is 0 Å². The van der Waals surface area contributed by atoms with Crippen LogP contribution in [0.15, 0.2) is 0 Å². The maximum Gasteiger partial charge on any atom is 0.0933 e. The molecule has 4 nitrogen and oxygen atoms in total. The van der Waals surface area contributed by atoms with Crippen molar-refractivity contribution in [2.24, 2.45) is 0 Å². The molecule has 0 aromatic carbocycles. The Balaban J connectivity index is 1.92. The summed E-state index contributed by atoms with van der Waals surface area (Å²) in [5.74, 6) is 0. The number of nitrogens with one attached hydrogen (secondary N) is 1. The van der Waals surface area contributed by atoms with Gasteiger partial charge in [0.1, 0.15) is 0 Å². The maximum atomic E-state index is 5.48. The van der Waals surface area contributed by atoms with E-state index < -0.39 is 0 Å². The maximum absolute atomic E-state index is 5.48. The van der Waals surface area contributed by atoms with Crippen LogP contribution >= 0.6 is 0 Å². The van der Waals surface area contributed by atoms with E-state index in [1.807, 2.05) is 14.1 Å². The zero-order valence-corrected chi connectivity index (χ0v) is 8.58. The second-order valence-electron chi connectivity index (χ2n) is 3.58. The van der Waals surface area contributed by atoms with Gasteiger partial charge in [-0.3, -0.25) is 0 Å². The number of nitrogens with zero attached hydrogens (tertiary/aromatic N) is 1. The quantitative estimate of drug-likeness (QED) is 0.593. The first-order valence-electron chi connectivity index (χ1n) is 4.84. The van der Waals surface area contributed by atoms with Crippen molar-refractivity contribution in [3.63, 3.8) is 0 Å². The largest absolute Gasteiger partial charge is 0.377 e. The lowest BCUT2D eigenvalue weighted by atomic mass is 10.3. The van der Waals surface area contributed by atoms with Crippen LogP contribution in [0.3, 0.4) is 0 Å². The number of hydrogen-bond donors (Lipinski definition) is 1. The molecule has 0 aliphatic carbocycles. The predicted molar refractivity (Wildman–Crippen MR) is 52.0 cm³/mol. The highest BCUT2D eigenvalue weighted by Crippen LogP contribution is 1.96. The van der Waals surface area contributed by atoms with Gasteiger partial charge >= 0.3 is 0 Å². The van der Waals surface area contributed by atoms with Gasteiger partial charge in [-0.05, 0) is 14.1 Å². The number of likely N-dealkylation sites (N-methyl/N-ethyl adjacent to an activating group) is 1. The van der Waals surface area contributed by atoms with Crippen LogP contribution in [-0.2, 0) is 9.47 Å². The third-order valence-electron chi connectivity index (χ3n) is 1.99. The summed E-state index contributed by atoms with van der Waals surface area (Å²) in [5, 5.41) is 3.27. The van der Waals surface area contributed by atoms with Crippen molar-refractivity contribution in [3.8, 4) is 0 Å². The van der Waals surface area contributed by atoms with E-state index in [4.69, 9.17) is 9.47 Å². The average Bonchev–Trinajstić information content (AvgIpc) is 2.14. The van der Waals surface area contributed by atoms with Crippen LogP contribution in [0.2, 0.25) is 0 Å². The van der Waals surface area contributed by atoms with Crippen molar-refractivity contribution in [2.45, 2.75) is 6.10 Å². The van der Waals surface area contributed by atoms with Crippen molar-refractivity contribution >= 4 is 0 Å². The normalized spacial score (nSPS) is 23.8. The van der Waals surface area contributed by atoms with E-state index in [0.717, 1.165) is 32.8 Å². The molecule has 1 unspecified atom stereocenters. The number of rotatable bonds is 5. The molecule has 1 N–H and O–H groups in total. The fourth-order valence-electron chi connectivity index (χ4n) is 1.19. The monoisotopic (exact) mass is 188 g/mol. The second kappa shape index (κ2) is 6.32. The van der Waals surface area contributed by atoms with E-state index in [1.54, 1.807) is 0 Å². The molecule has 1 aliphatic rings. The molecule has 1 saturated heterocycles. The molecule has 0 radical (unpaired) electrons. The van der Waals surface area contributed by atoms with Crippen LogP contribution in [-0.4, -0.2) is 64.6 Å². The molecule has 0 bridgehead atoms. The summed E-state index contributed by atoms with van der Waals surface area (Å²) in [4.78, 5) is 2.11. The van der Waals surface area contributed by atoms with Gasteiger partial charge in [-0.2, -0.15) is 0 Å². The fourth-order valence-corrected chi connectivity index (χ4v) is 1.19. The smallest absolute Gasteiger partial charge is 0.0933 e. The average molecular weight is 188 g/mol. The molecule has 0 aromatic rings. The van der Waals surface area contributed by atoms with Crippen LogP contribution < -0.4 is 5.32 Å². The molecular formula is C9H20N2O2. The highest BCUT2D eigenvalue weighted by molar-refractivity contribution is 4.65. The van der Waals surface area contributed by atoms with Crippen molar-refractivity contribution in [1.29, 1.82) is 0 Å². The van der Waals surface area contributed by atoms with Gasteiger partial charge < -0.3 is 19.7 Å². The Morgan fingerprint density at radius 2 is 2.38 bits per heavy atom. The van der Waals surface area contributed by atoms with E-state index >= 15 is 0 Å². The summed E-state index contributed by atoms with van der Waals surface area (Å²) in [6, 6.07) is 0. The first kappa shape index (κ1) is 10.9. The van der Waals surface area contributed by atoms with Gasteiger partial charge in [-0.1, -0.05) is 0 Å². The zero-order chi connectivity index (χ0) is 9.52. The van der Waals surface area contributed by atoms with Gasteiger partial charge in [0.05, 0.1) is 25.9 Å². The molecular weight excluding hydrogens is 168 g/mol. The van der Waals surface area contributed by atoms with E-state index in [9.17, 15) is 0 Å². The standard InChI is InChI=1S/C9H20N2O2/c1-11(2)4-6-12-8-9-7-10-3-5-13-9/h9-10H,3-8H2,1-2H3. The van der Waals surface area contributed by atoms with Gasteiger partial charge in [0.25, 0.3) is 0 Å². The lowest BCUT2D eigenvalue weighted by molar-refractivity contribution is -0.0331. The molecule has 1 rings (SSSR count). The Kier molecular flexibility index (Phi) is 5.31. The van der Waals surface area contributed by atoms with Gasteiger partial charge in [-0.15, -0.1) is 0 Å². The summed E-state index contributed by atoms with van der Waals surface area (Å²) in [7, 11) is 4.09. The van der Waals surface area contributed by atoms with Gasteiger partial charge in [0.2, 0.25) is 0 Å². The third kappa shape index (κ3) is 5.21. The Hall–Kier alpha value is -0.160. The molecule has 4 heteroatoms. The number of hydrogen-bond acceptors (Lipinski definition) is 4. The first-order valence-corrected chi connectivity index (χ1v) is 4.84. The van der Waals surface area contributed by atoms with Gasteiger partial charge in [-0.25, -0.2) is 0 Å². The summed E-state index contributed by atoms with van der Waals surface area (Å²) >= 11 is 0. The fraction of sp³-hybridized carbons (Fsp3) is 1.00. The zero-order valence-electron chi connectivity index (χ0n) is 8.58.